The van der Waals surface area contributed by atoms with Crippen LogP contribution in [-0.2, 0) is 4.74 Å². The molecule has 0 bridgehead atoms. The molecule has 8 heteroatoms. The van der Waals surface area contributed by atoms with Crippen LogP contribution in [0.5, 0.6) is 0 Å². The van der Waals surface area contributed by atoms with Crippen LogP contribution in [0.4, 0.5) is 17.6 Å². The lowest BCUT2D eigenvalue weighted by Crippen LogP contribution is -2.47. The van der Waals surface area contributed by atoms with E-state index in [1.165, 1.54) is 6.08 Å². The fourth-order valence-corrected chi connectivity index (χ4v) is 3.02. The molecule has 0 aromatic carbocycles. The summed E-state index contributed by atoms with van der Waals surface area (Å²) in [6, 6.07) is 0. The van der Waals surface area contributed by atoms with Gasteiger partial charge in [-0.25, -0.2) is 4.39 Å². The SMILES string of the molecule is C=C(/C(F)=C\C=C(/C)N)[C@]12CO[C@H](C(F)(F)F)[C@H]1CCC(N)=N2. The van der Waals surface area contributed by atoms with Crippen LogP contribution in [-0.4, -0.2) is 30.3 Å². The van der Waals surface area contributed by atoms with Crippen molar-refractivity contribution in [1.29, 1.82) is 0 Å². The van der Waals surface area contributed by atoms with Crippen LogP contribution in [0.2, 0.25) is 0 Å². The number of fused-ring (bicyclic) bond motifs is 1. The van der Waals surface area contributed by atoms with E-state index in [0.717, 1.165) is 6.08 Å². The van der Waals surface area contributed by atoms with E-state index in [0.29, 0.717) is 5.70 Å². The van der Waals surface area contributed by atoms with Gasteiger partial charge < -0.3 is 16.2 Å². The Morgan fingerprint density at radius 2 is 2.09 bits per heavy atom. The van der Waals surface area contributed by atoms with Gasteiger partial charge in [0.2, 0.25) is 0 Å². The zero-order valence-electron chi connectivity index (χ0n) is 12.7. The van der Waals surface area contributed by atoms with E-state index in [4.69, 9.17) is 16.2 Å². The number of amidine groups is 1. The largest absolute Gasteiger partial charge is 0.414 e. The molecule has 2 aliphatic heterocycles. The van der Waals surface area contributed by atoms with Gasteiger partial charge >= 0.3 is 6.18 Å². The number of ether oxygens (including phenoxy) is 1. The zero-order valence-corrected chi connectivity index (χ0v) is 12.7. The van der Waals surface area contributed by atoms with Gasteiger partial charge in [0, 0.05) is 23.6 Å². The highest BCUT2D eigenvalue weighted by Gasteiger charge is 2.61. The monoisotopic (exact) mass is 333 g/mol. The van der Waals surface area contributed by atoms with E-state index < -0.39 is 36.2 Å². The van der Waals surface area contributed by atoms with Crippen molar-refractivity contribution in [3.8, 4) is 0 Å². The summed E-state index contributed by atoms with van der Waals surface area (Å²) in [5.41, 5.74) is 9.76. The van der Waals surface area contributed by atoms with Gasteiger partial charge in [0.25, 0.3) is 0 Å². The topological polar surface area (TPSA) is 73.6 Å². The summed E-state index contributed by atoms with van der Waals surface area (Å²) in [5.74, 6) is -1.67. The highest BCUT2D eigenvalue weighted by atomic mass is 19.4. The molecule has 0 aromatic rings. The molecule has 3 atom stereocenters. The third-order valence-corrected chi connectivity index (χ3v) is 4.14. The van der Waals surface area contributed by atoms with Crippen molar-refractivity contribution in [2.24, 2.45) is 22.4 Å². The Balaban J connectivity index is 2.43. The quantitative estimate of drug-likeness (QED) is 0.616. The summed E-state index contributed by atoms with van der Waals surface area (Å²) < 4.78 is 58.7. The molecule has 0 aliphatic carbocycles. The number of halogens is 4. The molecule has 2 aliphatic rings. The van der Waals surface area contributed by atoms with E-state index in [-0.39, 0.29) is 24.3 Å². The molecule has 0 unspecified atom stereocenters. The number of hydrogen-bond donors (Lipinski definition) is 2. The first-order valence-corrected chi connectivity index (χ1v) is 7.10. The predicted octanol–water partition coefficient (Wildman–Crippen LogP) is 2.73. The fourth-order valence-electron chi connectivity index (χ4n) is 3.02. The van der Waals surface area contributed by atoms with Crippen molar-refractivity contribution in [2.45, 2.75) is 37.6 Å². The molecule has 2 rings (SSSR count). The zero-order chi connectivity index (χ0) is 17.4. The van der Waals surface area contributed by atoms with E-state index in [1.54, 1.807) is 6.92 Å². The Bertz CT molecular complexity index is 590. The van der Waals surface area contributed by atoms with E-state index in [9.17, 15) is 17.6 Å². The van der Waals surface area contributed by atoms with Crippen molar-refractivity contribution >= 4 is 5.84 Å². The van der Waals surface area contributed by atoms with Gasteiger partial charge in [0.1, 0.15) is 11.4 Å². The van der Waals surface area contributed by atoms with Gasteiger partial charge in [-0.2, -0.15) is 13.2 Å². The van der Waals surface area contributed by atoms with Crippen LogP contribution in [0.15, 0.2) is 40.8 Å². The van der Waals surface area contributed by atoms with Crippen LogP contribution < -0.4 is 11.5 Å². The Labute approximate surface area is 131 Å². The molecule has 4 N–H and O–H groups in total. The van der Waals surface area contributed by atoms with Crippen LogP contribution in [0.3, 0.4) is 0 Å². The van der Waals surface area contributed by atoms with Gasteiger partial charge in [0.05, 0.1) is 12.4 Å². The van der Waals surface area contributed by atoms with Gasteiger partial charge in [-0.15, -0.1) is 0 Å². The second kappa shape index (κ2) is 5.99. The summed E-state index contributed by atoms with van der Waals surface area (Å²) in [4.78, 5) is 4.12. The van der Waals surface area contributed by atoms with Crippen molar-refractivity contribution in [3.63, 3.8) is 0 Å². The molecule has 0 amide bonds. The normalized spacial score (nSPS) is 32.5. The van der Waals surface area contributed by atoms with Crippen LogP contribution >= 0.6 is 0 Å². The molecule has 0 spiro atoms. The summed E-state index contributed by atoms with van der Waals surface area (Å²) in [6.07, 6.45) is -3.87. The molecule has 1 fully saturated rings. The lowest BCUT2D eigenvalue weighted by molar-refractivity contribution is -0.217. The van der Waals surface area contributed by atoms with E-state index >= 15 is 0 Å². The molecule has 23 heavy (non-hydrogen) atoms. The minimum atomic E-state index is -4.55. The van der Waals surface area contributed by atoms with Crippen LogP contribution in [0.25, 0.3) is 0 Å². The standard InChI is InChI=1S/C15H19F4N3O/c1-8(20)3-5-11(16)9(2)14-7-23-13(15(17,18)19)10(14)4-6-12(21)22-14/h3,5,10,13H,2,4,6-7,20H2,1H3,(H2,21,22)/b8-3+,11-5+/t10-,13+,14-/m1/s1. The first-order valence-electron chi connectivity index (χ1n) is 7.10. The van der Waals surface area contributed by atoms with Crippen molar-refractivity contribution < 1.29 is 22.3 Å². The molecule has 0 radical (unpaired) electrons. The highest BCUT2D eigenvalue weighted by Crippen LogP contribution is 2.50. The molecule has 128 valence electrons. The van der Waals surface area contributed by atoms with Gasteiger partial charge in [-0.1, -0.05) is 6.58 Å². The maximum Gasteiger partial charge on any atom is 0.414 e. The van der Waals surface area contributed by atoms with Gasteiger partial charge in [0.15, 0.2) is 6.10 Å². The summed E-state index contributed by atoms with van der Waals surface area (Å²) in [5, 5.41) is 0. The Morgan fingerprint density at radius 3 is 2.65 bits per heavy atom. The summed E-state index contributed by atoms with van der Waals surface area (Å²) in [6.45, 7) is 4.77. The average molecular weight is 333 g/mol. The van der Waals surface area contributed by atoms with Crippen molar-refractivity contribution in [1.82, 2.24) is 0 Å². The fraction of sp³-hybridized carbons (Fsp3) is 0.533. The number of allylic oxidation sites excluding steroid dienone is 3. The third-order valence-electron chi connectivity index (χ3n) is 4.14. The average Bonchev–Trinajstić information content (AvgIpc) is 2.83. The van der Waals surface area contributed by atoms with E-state index in [1.807, 2.05) is 0 Å². The molecule has 4 nitrogen and oxygen atoms in total. The molecule has 0 saturated carbocycles. The Hall–Kier alpha value is -1.83. The highest BCUT2D eigenvalue weighted by molar-refractivity contribution is 5.82. The first kappa shape index (κ1) is 17.5. The Kier molecular flexibility index (Phi) is 4.57. The first-order chi connectivity index (χ1) is 10.6. The number of rotatable bonds is 3. The second-order valence-corrected chi connectivity index (χ2v) is 5.85. The number of hydrogen-bond acceptors (Lipinski definition) is 4. The maximum absolute atomic E-state index is 14.3. The van der Waals surface area contributed by atoms with E-state index in [2.05, 4.69) is 11.6 Å². The number of aliphatic imine (C=N–C) groups is 1. The maximum atomic E-state index is 14.3. The molecule has 2 heterocycles. The number of alkyl halides is 3. The molecule has 0 aromatic heterocycles. The molecule has 1 saturated heterocycles. The van der Waals surface area contributed by atoms with Crippen molar-refractivity contribution in [2.75, 3.05) is 6.61 Å². The third kappa shape index (κ3) is 3.26. The van der Waals surface area contributed by atoms with Crippen LogP contribution in [0, 0.1) is 5.92 Å². The predicted molar refractivity (Wildman–Crippen MR) is 79.1 cm³/mol. The minimum Gasteiger partial charge on any atom is -0.402 e. The smallest absolute Gasteiger partial charge is 0.402 e. The molecular weight excluding hydrogens is 314 g/mol. The number of nitrogens with zero attached hydrogens (tertiary/aromatic N) is 1. The van der Waals surface area contributed by atoms with Gasteiger partial charge in [-0.3, -0.25) is 4.99 Å². The number of nitrogens with two attached hydrogens (primary N) is 2. The lowest BCUT2D eigenvalue weighted by Gasteiger charge is -2.37. The summed E-state index contributed by atoms with van der Waals surface area (Å²) >= 11 is 0. The second-order valence-electron chi connectivity index (χ2n) is 5.85. The van der Waals surface area contributed by atoms with Gasteiger partial charge in [-0.05, 0) is 25.5 Å². The minimum absolute atomic E-state index is 0.109. The lowest BCUT2D eigenvalue weighted by atomic mass is 9.73. The molecular formula is C15H19F4N3O. The van der Waals surface area contributed by atoms with Crippen LogP contribution in [0.1, 0.15) is 19.8 Å². The summed E-state index contributed by atoms with van der Waals surface area (Å²) in [7, 11) is 0. The Morgan fingerprint density at radius 1 is 1.43 bits per heavy atom. The van der Waals surface area contributed by atoms with Crippen molar-refractivity contribution in [3.05, 3.63) is 35.8 Å².